The Balaban J connectivity index is 1.83. The van der Waals surface area contributed by atoms with E-state index < -0.39 is 4.92 Å². The molecule has 2 aromatic carbocycles. The summed E-state index contributed by atoms with van der Waals surface area (Å²) in [4.78, 5) is 21.9. The van der Waals surface area contributed by atoms with Gasteiger partial charge in [-0.15, -0.1) is 0 Å². The van der Waals surface area contributed by atoms with Crippen molar-refractivity contribution in [2.75, 3.05) is 6.61 Å². The van der Waals surface area contributed by atoms with Gasteiger partial charge in [0.1, 0.15) is 11.5 Å². The van der Waals surface area contributed by atoms with Gasteiger partial charge in [0.15, 0.2) is 0 Å². The standard InChI is InChI=1S/C17H17NO5/c1-12-4-3-5-16(13(12)2)23-17(19)10-11-22-15-8-6-14(7-9-15)18(20)21/h3-9H,10-11H2,1-2H3. The van der Waals surface area contributed by atoms with Crippen molar-refractivity contribution in [1.29, 1.82) is 0 Å². The number of rotatable bonds is 6. The van der Waals surface area contributed by atoms with Gasteiger partial charge in [0, 0.05) is 12.1 Å². The SMILES string of the molecule is Cc1cccc(OC(=O)CCOc2ccc([N+](=O)[O-])cc2)c1C. The summed E-state index contributed by atoms with van der Waals surface area (Å²) in [5.41, 5.74) is 1.97. The van der Waals surface area contributed by atoms with Gasteiger partial charge < -0.3 is 9.47 Å². The topological polar surface area (TPSA) is 78.7 Å². The highest BCUT2D eigenvalue weighted by Crippen LogP contribution is 2.21. The van der Waals surface area contributed by atoms with Crippen LogP contribution in [0.25, 0.3) is 0 Å². The molecule has 0 aliphatic heterocycles. The summed E-state index contributed by atoms with van der Waals surface area (Å²) in [6.45, 7) is 3.98. The molecule has 0 radical (unpaired) electrons. The van der Waals surface area contributed by atoms with E-state index >= 15 is 0 Å². The normalized spacial score (nSPS) is 10.2. The number of hydrogen-bond acceptors (Lipinski definition) is 5. The van der Waals surface area contributed by atoms with Gasteiger partial charge >= 0.3 is 5.97 Å². The van der Waals surface area contributed by atoms with Gasteiger partial charge in [0.2, 0.25) is 0 Å². The highest BCUT2D eigenvalue weighted by Gasteiger charge is 2.09. The molecule has 6 nitrogen and oxygen atoms in total. The third-order valence-corrected chi connectivity index (χ3v) is 3.40. The Labute approximate surface area is 133 Å². The van der Waals surface area contributed by atoms with Crippen LogP contribution in [-0.2, 0) is 4.79 Å². The van der Waals surface area contributed by atoms with E-state index in [9.17, 15) is 14.9 Å². The molecule has 0 heterocycles. The second-order valence-corrected chi connectivity index (χ2v) is 5.02. The molecule has 0 aromatic heterocycles. The fourth-order valence-corrected chi connectivity index (χ4v) is 1.92. The number of ether oxygens (including phenoxy) is 2. The lowest BCUT2D eigenvalue weighted by atomic mass is 10.1. The van der Waals surface area contributed by atoms with Crippen LogP contribution in [0.5, 0.6) is 11.5 Å². The predicted molar refractivity (Wildman–Crippen MR) is 84.8 cm³/mol. The first kappa shape index (κ1) is 16.5. The molecule has 0 aliphatic carbocycles. The average Bonchev–Trinajstić information content (AvgIpc) is 2.52. The number of esters is 1. The Morgan fingerprint density at radius 2 is 1.83 bits per heavy atom. The van der Waals surface area contributed by atoms with E-state index in [1.807, 2.05) is 26.0 Å². The highest BCUT2D eigenvalue weighted by molar-refractivity contribution is 5.73. The molecular weight excluding hydrogens is 298 g/mol. The number of nitrogens with zero attached hydrogens (tertiary/aromatic N) is 1. The average molecular weight is 315 g/mol. The zero-order valence-corrected chi connectivity index (χ0v) is 12.9. The van der Waals surface area contributed by atoms with Crippen LogP contribution in [0.4, 0.5) is 5.69 Å². The van der Waals surface area contributed by atoms with Gasteiger partial charge in [-0.25, -0.2) is 0 Å². The number of aryl methyl sites for hydroxylation is 1. The van der Waals surface area contributed by atoms with Crippen molar-refractivity contribution in [2.24, 2.45) is 0 Å². The van der Waals surface area contributed by atoms with Crippen molar-refractivity contribution in [3.63, 3.8) is 0 Å². The fraction of sp³-hybridized carbons (Fsp3) is 0.235. The molecule has 0 saturated carbocycles. The molecule has 0 unspecified atom stereocenters. The van der Waals surface area contributed by atoms with Crippen molar-refractivity contribution in [3.05, 3.63) is 63.7 Å². The number of nitro groups is 1. The third kappa shape index (κ3) is 4.54. The molecule has 0 aliphatic rings. The van der Waals surface area contributed by atoms with Crippen LogP contribution in [0.3, 0.4) is 0 Å². The largest absolute Gasteiger partial charge is 0.493 e. The van der Waals surface area contributed by atoms with Crippen LogP contribution < -0.4 is 9.47 Å². The van der Waals surface area contributed by atoms with E-state index in [2.05, 4.69) is 0 Å². The monoisotopic (exact) mass is 315 g/mol. The third-order valence-electron chi connectivity index (χ3n) is 3.40. The molecule has 0 atom stereocenters. The summed E-state index contributed by atoms with van der Waals surface area (Å²) in [5.74, 6) is 0.626. The minimum atomic E-state index is -0.481. The summed E-state index contributed by atoms with van der Waals surface area (Å²) in [7, 11) is 0. The van der Waals surface area contributed by atoms with E-state index in [-0.39, 0.29) is 24.7 Å². The van der Waals surface area contributed by atoms with Gasteiger partial charge in [-0.05, 0) is 43.2 Å². The van der Waals surface area contributed by atoms with E-state index in [0.717, 1.165) is 11.1 Å². The first-order chi connectivity index (χ1) is 11.0. The Hall–Kier alpha value is -2.89. The van der Waals surface area contributed by atoms with Crippen LogP contribution >= 0.6 is 0 Å². The Morgan fingerprint density at radius 1 is 1.13 bits per heavy atom. The van der Waals surface area contributed by atoms with Crippen LogP contribution in [0.2, 0.25) is 0 Å². The maximum absolute atomic E-state index is 11.8. The summed E-state index contributed by atoms with van der Waals surface area (Å²) in [6.07, 6.45) is 0.0877. The molecule has 0 N–H and O–H groups in total. The van der Waals surface area contributed by atoms with Gasteiger partial charge in [-0.3, -0.25) is 14.9 Å². The number of hydrogen-bond donors (Lipinski definition) is 0. The molecule has 120 valence electrons. The van der Waals surface area contributed by atoms with Gasteiger partial charge in [-0.1, -0.05) is 12.1 Å². The van der Waals surface area contributed by atoms with Crippen LogP contribution in [-0.4, -0.2) is 17.5 Å². The fourth-order valence-electron chi connectivity index (χ4n) is 1.92. The van der Waals surface area contributed by atoms with E-state index in [1.54, 1.807) is 6.07 Å². The first-order valence-electron chi connectivity index (χ1n) is 7.11. The van der Waals surface area contributed by atoms with Gasteiger partial charge in [0.25, 0.3) is 5.69 Å². The maximum Gasteiger partial charge on any atom is 0.314 e. The lowest BCUT2D eigenvalue weighted by molar-refractivity contribution is -0.384. The predicted octanol–water partition coefficient (Wildman–Crippen LogP) is 3.59. The quantitative estimate of drug-likeness (QED) is 0.352. The molecule has 0 bridgehead atoms. The van der Waals surface area contributed by atoms with Crippen molar-refractivity contribution in [1.82, 2.24) is 0 Å². The second kappa shape index (κ2) is 7.40. The summed E-state index contributed by atoms with van der Waals surface area (Å²) < 4.78 is 10.7. The minimum Gasteiger partial charge on any atom is -0.493 e. The number of nitro benzene ring substituents is 1. The molecule has 0 spiro atoms. The van der Waals surface area contributed by atoms with Crippen molar-refractivity contribution in [2.45, 2.75) is 20.3 Å². The maximum atomic E-state index is 11.8. The second-order valence-electron chi connectivity index (χ2n) is 5.02. The van der Waals surface area contributed by atoms with Crippen molar-refractivity contribution in [3.8, 4) is 11.5 Å². The zero-order chi connectivity index (χ0) is 16.8. The lowest BCUT2D eigenvalue weighted by Gasteiger charge is -2.09. The Morgan fingerprint density at radius 3 is 2.48 bits per heavy atom. The van der Waals surface area contributed by atoms with Crippen LogP contribution in [0.1, 0.15) is 17.5 Å². The van der Waals surface area contributed by atoms with Crippen LogP contribution in [0, 0.1) is 24.0 Å². The number of carbonyl (C=O) groups is 1. The summed E-state index contributed by atoms with van der Waals surface area (Å²) in [6, 6.07) is 11.2. The molecule has 2 aromatic rings. The Bertz CT molecular complexity index is 709. The van der Waals surface area contributed by atoms with E-state index in [1.165, 1.54) is 24.3 Å². The molecule has 0 fully saturated rings. The number of non-ortho nitro benzene ring substituents is 1. The molecule has 0 saturated heterocycles. The summed E-state index contributed by atoms with van der Waals surface area (Å²) >= 11 is 0. The highest BCUT2D eigenvalue weighted by atomic mass is 16.6. The number of benzene rings is 2. The Kier molecular flexibility index (Phi) is 5.30. The van der Waals surface area contributed by atoms with Gasteiger partial charge in [-0.2, -0.15) is 0 Å². The smallest absolute Gasteiger partial charge is 0.314 e. The van der Waals surface area contributed by atoms with Crippen molar-refractivity contribution >= 4 is 11.7 Å². The van der Waals surface area contributed by atoms with Gasteiger partial charge in [0.05, 0.1) is 18.0 Å². The summed E-state index contributed by atoms with van der Waals surface area (Å²) in [5, 5.41) is 10.5. The molecule has 2 rings (SSSR count). The van der Waals surface area contributed by atoms with Crippen LogP contribution in [0.15, 0.2) is 42.5 Å². The zero-order valence-electron chi connectivity index (χ0n) is 12.9. The molecule has 23 heavy (non-hydrogen) atoms. The van der Waals surface area contributed by atoms with E-state index in [0.29, 0.717) is 11.5 Å². The molecule has 0 amide bonds. The molecular formula is C17H17NO5. The lowest BCUT2D eigenvalue weighted by Crippen LogP contribution is -2.13. The van der Waals surface area contributed by atoms with E-state index in [4.69, 9.17) is 9.47 Å². The molecule has 6 heteroatoms. The number of carbonyl (C=O) groups excluding carboxylic acids is 1. The minimum absolute atomic E-state index is 0.00770. The van der Waals surface area contributed by atoms with Crippen molar-refractivity contribution < 1.29 is 19.2 Å². The first-order valence-corrected chi connectivity index (χ1v) is 7.11.